The van der Waals surface area contributed by atoms with Crippen LogP contribution < -0.4 is 16.0 Å². The van der Waals surface area contributed by atoms with Crippen LogP contribution in [0.5, 0.6) is 0 Å². The van der Waals surface area contributed by atoms with E-state index >= 15 is 0 Å². The Labute approximate surface area is 166 Å². The number of benzene rings is 1. The fourth-order valence-electron chi connectivity index (χ4n) is 3.41. The molecule has 150 valence electrons. The molecule has 1 atom stereocenters. The number of nitrogens with zero attached hydrogens (tertiary/aromatic N) is 2. The summed E-state index contributed by atoms with van der Waals surface area (Å²) < 4.78 is 5.20. The maximum absolute atomic E-state index is 12.0. The monoisotopic (exact) mass is 383 g/mol. The molecule has 1 aromatic heterocycles. The van der Waals surface area contributed by atoms with Crippen LogP contribution in [0, 0.1) is 0 Å². The minimum absolute atomic E-state index is 0.106. The third-order valence-electron chi connectivity index (χ3n) is 4.91. The number of guanidine groups is 1. The summed E-state index contributed by atoms with van der Waals surface area (Å²) >= 11 is 0. The van der Waals surface area contributed by atoms with E-state index in [0.29, 0.717) is 18.5 Å². The Morgan fingerprint density at radius 1 is 1.18 bits per heavy atom. The lowest BCUT2D eigenvalue weighted by atomic mass is 10.2. The van der Waals surface area contributed by atoms with Crippen LogP contribution in [0.25, 0.3) is 0 Å². The first-order valence-corrected chi connectivity index (χ1v) is 9.76. The Morgan fingerprint density at radius 2 is 2.04 bits per heavy atom. The van der Waals surface area contributed by atoms with Crippen molar-refractivity contribution in [2.75, 3.05) is 26.7 Å². The van der Waals surface area contributed by atoms with E-state index in [1.165, 1.54) is 18.4 Å². The van der Waals surface area contributed by atoms with Gasteiger partial charge in [-0.2, -0.15) is 0 Å². The molecule has 1 unspecified atom stereocenters. The highest BCUT2D eigenvalue weighted by molar-refractivity contribution is 5.86. The quantitative estimate of drug-likeness (QED) is 0.478. The van der Waals surface area contributed by atoms with Gasteiger partial charge in [-0.1, -0.05) is 30.3 Å². The number of nitrogens with one attached hydrogen (secondary N) is 3. The van der Waals surface area contributed by atoms with Crippen molar-refractivity contribution in [3.8, 4) is 0 Å². The first-order valence-electron chi connectivity index (χ1n) is 9.76. The van der Waals surface area contributed by atoms with E-state index in [0.717, 1.165) is 25.4 Å². The molecule has 28 heavy (non-hydrogen) atoms. The second kappa shape index (κ2) is 10.5. The van der Waals surface area contributed by atoms with Gasteiger partial charge in [0.25, 0.3) is 0 Å². The van der Waals surface area contributed by atoms with Gasteiger partial charge < -0.3 is 20.4 Å². The Morgan fingerprint density at radius 3 is 2.79 bits per heavy atom. The molecule has 0 spiro atoms. The molecule has 3 N–H and O–H groups in total. The van der Waals surface area contributed by atoms with Gasteiger partial charge in [0.15, 0.2) is 5.96 Å². The highest BCUT2D eigenvalue weighted by Crippen LogP contribution is 2.19. The van der Waals surface area contributed by atoms with Crippen molar-refractivity contribution in [2.24, 2.45) is 4.99 Å². The van der Waals surface area contributed by atoms with Crippen molar-refractivity contribution in [3.63, 3.8) is 0 Å². The van der Waals surface area contributed by atoms with Crippen LogP contribution in [-0.2, 0) is 17.9 Å². The summed E-state index contributed by atoms with van der Waals surface area (Å²) in [6.07, 6.45) is 3.97. The van der Waals surface area contributed by atoms with E-state index in [2.05, 4.69) is 50.1 Å². The summed E-state index contributed by atoms with van der Waals surface area (Å²) in [5.41, 5.74) is 1.34. The fraction of sp³-hybridized carbons (Fsp3) is 0.429. The average molecular weight is 383 g/mol. The number of hydrogen-bond acceptors (Lipinski definition) is 4. The second-order valence-corrected chi connectivity index (χ2v) is 6.91. The Kier molecular flexibility index (Phi) is 7.49. The summed E-state index contributed by atoms with van der Waals surface area (Å²) in [5.74, 6) is 1.27. The molecule has 2 aromatic rings. The molecule has 1 aromatic carbocycles. The van der Waals surface area contributed by atoms with Gasteiger partial charge in [0, 0.05) is 26.2 Å². The minimum Gasteiger partial charge on any atom is -0.467 e. The largest absolute Gasteiger partial charge is 0.467 e. The number of rotatable bonds is 8. The maximum Gasteiger partial charge on any atom is 0.239 e. The SMILES string of the molecule is CN=C(NCC(=O)NCc1ccco1)NCC1CCCN1Cc1ccccc1. The van der Waals surface area contributed by atoms with Crippen molar-refractivity contribution in [1.82, 2.24) is 20.9 Å². The Balaban J connectivity index is 1.38. The van der Waals surface area contributed by atoms with Crippen LogP contribution in [0.1, 0.15) is 24.2 Å². The lowest BCUT2D eigenvalue weighted by Crippen LogP contribution is -2.47. The van der Waals surface area contributed by atoms with Gasteiger partial charge in [0.05, 0.1) is 19.4 Å². The molecular weight excluding hydrogens is 354 g/mol. The summed E-state index contributed by atoms with van der Waals surface area (Å²) in [7, 11) is 1.71. The topological polar surface area (TPSA) is 81.9 Å². The zero-order valence-electron chi connectivity index (χ0n) is 16.4. The van der Waals surface area contributed by atoms with E-state index in [4.69, 9.17) is 4.42 Å². The van der Waals surface area contributed by atoms with Gasteiger partial charge in [-0.3, -0.25) is 14.7 Å². The van der Waals surface area contributed by atoms with Crippen LogP contribution in [0.2, 0.25) is 0 Å². The molecular formula is C21H29N5O2. The molecule has 7 nitrogen and oxygen atoms in total. The number of furan rings is 1. The fourth-order valence-corrected chi connectivity index (χ4v) is 3.41. The van der Waals surface area contributed by atoms with E-state index < -0.39 is 0 Å². The van der Waals surface area contributed by atoms with Gasteiger partial charge in [0.2, 0.25) is 5.91 Å². The Bertz CT molecular complexity index is 745. The average Bonchev–Trinajstić information content (AvgIpc) is 3.39. The van der Waals surface area contributed by atoms with Crippen LogP contribution in [0.15, 0.2) is 58.1 Å². The molecule has 1 amide bonds. The zero-order chi connectivity index (χ0) is 19.6. The number of amides is 1. The third-order valence-corrected chi connectivity index (χ3v) is 4.91. The molecule has 0 bridgehead atoms. The summed E-state index contributed by atoms with van der Waals surface area (Å²) in [4.78, 5) is 18.7. The predicted octanol–water partition coefficient (Wildman–Crippen LogP) is 1.73. The molecule has 1 aliphatic rings. The van der Waals surface area contributed by atoms with Crippen LogP contribution in [0.4, 0.5) is 0 Å². The normalized spacial score (nSPS) is 17.5. The molecule has 0 radical (unpaired) electrons. The Hall–Kier alpha value is -2.80. The number of carbonyl (C=O) groups is 1. The smallest absolute Gasteiger partial charge is 0.239 e. The number of hydrogen-bond donors (Lipinski definition) is 3. The molecule has 1 fully saturated rings. The van der Waals surface area contributed by atoms with Crippen LogP contribution >= 0.6 is 0 Å². The maximum atomic E-state index is 12.0. The van der Waals surface area contributed by atoms with Crippen molar-refractivity contribution >= 4 is 11.9 Å². The molecule has 1 saturated heterocycles. The molecule has 1 aliphatic heterocycles. The van der Waals surface area contributed by atoms with Crippen molar-refractivity contribution < 1.29 is 9.21 Å². The molecule has 0 aliphatic carbocycles. The van der Waals surface area contributed by atoms with Crippen molar-refractivity contribution in [3.05, 3.63) is 60.1 Å². The van der Waals surface area contributed by atoms with Crippen LogP contribution in [0.3, 0.4) is 0 Å². The summed E-state index contributed by atoms with van der Waals surface area (Å²) in [5, 5.41) is 9.23. The first-order chi connectivity index (χ1) is 13.7. The minimum atomic E-state index is -0.106. The third kappa shape index (κ3) is 6.13. The summed E-state index contributed by atoms with van der Waals surface area (Å²) in [6, 6.07) is 14.7. The lowest BCUT2D eigenvalue weighted by Gasteiger charge is -2.25. The standard InChI is InChI=1S/C21H29N5O2/c1-22-21(25-15-20(27)23-14-19-10-6-12-28-19)24-13-18-9-5-11-26(18)16-17-7-3-2-4-8-17/h2-4,6-8,10,12,18H,5,9,11,13-16H2,1H3,(H,23,27)(H2,22,24,25). The van der Waals surface area contributed by atoms with E-state index in [1.54, 1.807) is 19.4 Å². The molecule has 7 heteroatoms. The van der Waals surface area contributed by atoms with E-state index in [9.17, 15) is 4.79 Å². The zero-order valence-corrected chi connectivity index (χ0v) is 16.4. The molecule has 0 saturated carbocycles. The van der Waals surface area contributed by atoms with Gasteiger partial charge in [-0.15, -0.1) is 0 Å². The van der Waals surface area contributed by atoms with E-state index in [1.807, 2.05) is 12.1 Å². The second-order valence-electron chi connectivity index (χ2n) is 6.91. The first kappa shape index (κ1) is 19.9. The number of aliphatic imine (C=N–C) groups is 1. The lowest BCUT2D eigenvalue weighted by molar-refractivity contribution is -0.120. The number of carbonyl (C=O) groups excluding carboxylic acids is 1. The molecule has 3 rings (SSSR count). The predicted molar refractivity (Wildman–Crippen MR) is 110 cm³/mol. The van der Waals surface area contributed by atoms with Gasteiger partial charge in [-0.05, 0) is 37.1 Å². The van der Waals surface area contributed by atoms with Gasteiger partial charge >= 0.3 is 0 Å². The summed E-state index contributed by atoms with van der Waals surface area (Å²) in [6.45, 7) is 3.44. The number of likely N-dealkylation sites (tertiary alicyclic amines) is 1. The van der Waals surface area contributed by atoms with Crippen molar-refractivity contribution in [1.29, 1.82) is 0 Å². The van der Waals surface area contributed by atoms with Crippen molar-refractivity contribution in [2.45, 2.75) is 32.0 Å². The molecule has 2 heterocycles. The van der Waals surface area contributed by atoms with Crippen LogP contribution in [-0.4, -0.2) is 49.5 Å². The highest BCUT2D eigenvalue weighted by atomic mass is 16.3. The highest BCUT2D eigenvalue weighted by Gasteiger charge is 2.24. The van der Waals surface area contributed by atoms with Gasteiger partial charge in [-0.25, -0.2) is 0 Å². The van der Waals surface area contributed by atoms with E-state index in [-0.39, 0.29) is 12.5 Å². The van der Waals surface area contributed by atoms with Gasteiger partial charge in [0.1, 0.15) is 5.76 Å².